The van der Waals surface area contributed by atoms with Gasteiger partial charge in [0.25, 0.3) is 0 Å². The number of piperazine rings is 1. The van der Waals surface area contributed by atoms with Crippen molar-refractivity contribution in [2.75, 3.05) is 31.9 Å². The molecule has 14 heavy (non-hydrogen) atoms. The van der Waals surface area contributed by atoms with Crippen LogP contribution < -0.4 is 0 Å². The van der Waals surface area contributed by atoms with Gasteiger partial charge in [-0.1, -0.05) is 6.58 Å². The monoisotopic (exact) mass is 214 g/mol. The summed E-state index contributed by atoms with van der Waals surface area (Å²) >= 11 is 4.25. The summed E-state index contributed by atoms with van der Waals surface area (Å²) in [5, 5.41) is 0. The maximum Gasteiger partial charge on any atom is 0.0303 e. The topological polar surface area (TPSA) is 6.48 Å². The van der Waals surface area contributed by atoms with Crippen LogP contribution in [0.2, 0.25) is 0 Å². The summed E-state index contributed by atoms with van der Waals surface area (Å²) < 4.78 is 0. The van der Waals surface area contributed by atoms with Crippen LogP contribution in [0.15, 0.2) is 12.3 Å². The van der Waals surface area contributed by atoms with E-state index in [-0.39, 0.29) is 0 Å². The lowest BCUT2D eigenvalue weighted by atomic mass is 10.0. The van der Waals surface area contributed by atoms with E-state index in [0.29, 0.717) is 5.54 Å². The van der Waals surface area contributed by atoms with Gasteiger partial charge in [0.05, 0.1) is 0 Å². The molecule has 1 rings (SSSR count). The van der Waals surface area contributed by atoms with Gasteiger partial charge in [-0.2, -0.15) is 12.6 Å². The Kier molecular flexibility index (Phi) is 3.90. The maximum absolute atomic E-state index is 4.25. The number of hydrogen-bond donors (Lipinski definition) is 1. The third-order valence-electron chi connectivity index (χ3n) is 2.86. The third kappa shape index (κ3) is 2.92. The van der Waals surface area contributed by atoms with Gasteiger partial charge < -0.3 is 4.90 Å². The average Bonchev–Trinajstić information content (AvgIpc) is 2.15. The van der Waals surface area contributed by atoms with Gasteiger partial charge in [0, 0.05) is 43.2 Å². The Morgan fingerprint density at radius 1 is 1.21 bits per heavy atom. The normalized spacial score (nSPS) is 19.9. The Morgan fingerprint density at radius 3 is 2.07 bits per heavy atom. The predicted octanol–water partition coefficient (Wildman–Crippen LogP) is 1.85. The molecule has 1 heterocycles. The lowest BCUT2D eigenvalue weighted by Gasteiger charge is -2.43. The largest absolute Gasteiger partial charge is 0.372 e. The molecule has 0 spiro atoms. The van der Waals surface area contributed by atoms with Gasteiger partial charge in [-0.15, -0.1) is 0 Å². The van der Waals surface area contributed by atoms with E-state index in [1.165, 1.54) is 0 Å². The second-order valence-corrected chi connectivity index (χ2v) is 5.19. The molecule has 1 aliphatic heterocycles. The van der Waals surface area contributed by atoms with Crippen LogP contribution in [0.1, 0.15) is 20.8 Å². The van der Waals surface area contributed by atoms with Gasteiger partial charge in [-0.05, 0) is 20.8 Å². The predicted molar refractivity (Wildman–Crippen MR) is 65.9 cm³/mol. The summed E-state index contributed by atoms with van der Waals surface area (Å²) in [7, 11) is 0. The van der Waals surface area contributed by atoms with Crippen molar-refractivity contribution >= 4 is 12.6 Å². The fourth-order valence-corrected chi connectivity index (χ4v) is 1.99. The minimum absolute atomic E-state index is 0.300. The zero-order chi connectivity index (χ0) is 10.8. The van der Waals surface area contributed by atoms with Crippen LogP contribution >= 0.6 is 12.6 Å². The summed E-state index contributed by atoms with van der Waals surface area (Å²) in [6.07, 6.45) is 0. The summed E-state index contributed by atoms with van der Waals surface area (Å²) in [4.78, 5) is 4.87. The molecular weight excluding hydrogens is 192 g/mol. The maximum atomic E-state index is 4.25. The standard InChI is InChI=1S/C11H22N2S/c1-10(9-14)12-5-7-13(8-6-12)11(2,3)4/h14H,1,5-9H2,2-4H3. The van der Waals surface area contributed by atoms with Crippen molar-refractivity contribution in [2.45, 2.75) is 26.3 Å². The highest BCUT2D eigenvalue weighted by atomic mass is 32.1. The molecule has 2 nitrogen and oxygen atoms in total. The minimum Gasteiger partial charge on any atom is -0.372 e. The first-order valence-electron chi connectivity index (χ1n) is 5.24. The van der Waals surface area contributed by atoms with E-state index >= 15 is 0 Å². The Labute approximate surface area is 93.4 Å². The van der Waals surface area contributed by atoms with Crippen LogP contribution in [0.5, 0.6) is 0 Å². The fourth-order valence-electron chi connectivity index (χ4n) is 1.79. The Hall–Kier alpha value is -0.150. The molecule has 0 amide bonds. The first-order chi connectivity index (χ1) is 6.45. The molecular formula is C11H22N2S. The molecule has 0 aromatic carbocycles. The van der Waals surface area contributed by atoms with E-state index < -0.39 is 0 Å². The highest BCUT2D eigenvalue weighted by molar-refractivity contribution is 7.80. The van der Waals surface area contributed by atoms with Crippen molar-refractivity contribution in [2.24, 2.45) is 0 Å². The highest BCUT2D eigenvalue weighted by Crippen LogP contribution is 2.17. The lowest BCUT2D eigenvalue weighted by Crippen LogP contribution is -2.53. The molecule has 0 radical (unpaired) electrons. The molecule has 1 fully saturated rings. The Morgan fingerprint density at radius 2 is 1.71 bits per heavy atom. The number of thiol groups is 1. The van der Waals surface area contributed by atoms with E-state index in [1.54, 1.807) is 0 Å². The van der Waals surface area contributed by atoms with E-state index in [0.717, 1.165) is 37.6 Å². The van der Waals surface area contributed by atoms with Crippen LogP contribution in [-0.2, 0) is 0 Å². The molecule has 0 unspecified atom stereocenters. The van der Waals surface area contributed by atoms with E-state index in [9.17, 15) is 0 Å². The van der Waals surface area contributed by atoms with Gasteiger partial charge in [0.1, 0.15) is 0 Å². The minimum atomic E-state index is 0.300. The molecule has 0 atom stereocenters. The molecule has 0 bridgehead atoms. The summed E-state index contributed by atoms with van der Waals surface area (Å²) in [6, 6.07) is 0. The van der Waals surface area contributed by atoms with Gasteiger partial charge in [0.2, 0.25) is 0 Å². The van der Waals surface area contributed by atoms with E-state index in [4.69, 9.17) is 0 Å². The van der Waals surface area contributed by atoms with Crippen molar-refractivity contribution in [1.82, 2.24) is 9.80 Å². The first kappa shape index (κ1) is 11.9. The zero-order valence-corrected chi connectivity index (χ0v) is 10.5. The van der Waals surface area contributed by atoms with Crippen LogP contribution in [0, 0.1) is 0 Å². The van der Waals surface area contributed by atoms with Crippen LogP contribution in [0.4, 0.5) is 0 Å². The van der Waals surface area contributed by atoms with Gasteiger partial charge in [-0.25, -0.2) is 0 Å². The molecule has 0 aliphatic carbocycles. The molecule has 3 heteroatoms. The summed E-state index contributed by atoms with van der Waals surface area (Å²) in [5.74, 6) is 0.773. The number of nitrogens with zero attached hydrogens (tertiary/aromatic N) is 2. The molecule has 1 aliphatic rings. The molecule has 0 aromatic rings. The SMILES string of the molecule is C=C(CS)N1CCN(C(C)(C)C)CC1. The molecule has 0 aromatic heterocycles. The Bertz CT molecular complexity index is 200. The highest BCUT2D eigenvalue weighted by Gasteiger charge is 2.25. The second kappa shape index (κ2) is 4.58. The third-order valence-corrected chi connectivity index (χ3v) is 3.22. The van der Waals surface area contributed by atoms with Gasteiger partial charge >= 0.3 is 0 Å². The van der Waals surface area contributed by atoms with E-state index in [2.05, 4.69) is 49.8 Å². The van der Waals surface area contributed by atoms with Crippen molar-refractivity contribution < 1.29 is 0 Å². The molecule has 82 valence electrons. The van der Waals surface area contributed by atoms with Crippen molar-refractivity contribution in [3.8, 4) is 0 Å². The van der Waals surface area contributed by atoms with Gasteiger partial charge in [-0.3, -0.25) is 4.90 Å². The van der Waals surface area contributed by atoms with Crippen LogP contribution in [0.25, 0.3) is 0 Å². The first-order valence-corrected chi connectivity index (χ1v) is 5.87. The lowest BCUT2D eigenvalue weighted by molar-refractivity contribution is 0.0769. The van der Waals surface area contributed by atoms with Gasteiger partial charge in [0.15, 0.2) is 0 Å². The second-order valence-electron chi connectivity index (χ2n) is 4.87. The molecule has 0 saturated carbocycles. The quantitative estimate of drug-likeness (QED) is 0.701. The Balaban J connectivity index is 2.43. The van der Waals surface area contributed by atoms with Crippen molar-refractivity contribution in [1.29, 1.82) is 0 Å². The smallest absolute Gasteiger partial charge is 0.0303 e. The fraction of sp³-hybridized carbons (Fsp3) is 0.818. The molecule has 1 saturated heterocycles. The van der Waals surface area contributed by atoms with Crippen molar-refractivity contribution in [3.63, 3.8) is 0 Å². The van der Waals surface area contributed by atoms with Crippen LogP contribution in [-0.4, -0.2) is 47.3 Å². The van der Waals surface area contributed by atoms with E-state index in [1.807, 2.05) is 0 Å². The number of hydrogen-bond acceptors (Lipinski definition) is 3. The summed E-state index contributed by atoms with van der Waals surface area (Å²) in [6.45, 7) is 15.3. The summed E-state index contributed by atoms with van der Waals surface area (Å²) in [5.41, 5.74) is 1.45. The average molecular weight is 214 g/mol. The van der Waals surface area contributed by atoms with Crippen molar-refractivity contribution in [3.05, 3.63) is 12.3 Å². The molecule has 0 N–H and O–H groups in total. The number of rotatable bonds is 2. The van der Waals surface area contributed by atoms with Crippen LogP contribution in [0.3, 0.4) is 0 Å². The zero-order valence-electron chi connectivity index (χ0n) is 9.58.